The van der Waals surface area contributed by atoms with Crippen LogP contribution in [0.2, 0.25) is 0 Å². The lowest BCUT2D eigenvalue weighted by Gasteiger charge is -1.79. The summed E-state index contributed by atoms with van der Waals surface area (Å²) in [5.74, 6) is 0. The summed E-state index contributed by atoms with van der Waals surface area (Å²) in [5.41, 5.74) is 0.650. The Morgan fingerprint density at radius 3 is 3.33 bits per heavy atom. The van der Waals surface area contributed by atoms with Crippen LogP contribution in [-0.4, -0.2) is 28.7 Å². The van der Waals surface area contributed by atoms with Gasteiger partial charge in [0.05, 0.1) is 12.4 Å². The normalized spacial score (nSPS) is 10.3. The summed E-state index contributed by atoms with van der Waals surface area (Å²) >= 11 is 0. The molecule has 0 bridgehead atoms. The lowest BCUT2D eigenvalue weighted by molar-refractivity contribution is 0.215. The molecule has 0 unspecified atom stereocenters. The third-order valence-corrected chi connectivity index (χ3v) is 0.724. The molecular weight excluding hydrogens is 120 g/mol. The zero-order valence-electron chi connectivity index (χ0n) is 4.90. The lowest BCUT2D eigenvalue weighted by Crippen LogP contribution is -1.80. The molecule has 0 aromatic carbocycles. The second-order valence-corrected chi connectivity index (χ2v) is 1.31. The van der Waals surface area contributed by atoms with Crippen LogP contribution >= 0.6 is 0 Å². The SMILES string of the molecule is CON=Cc1cn[nH]n1. The Kier molecular flexibility index (Phi) is 1.79. The number of hydrogen-bond donors (Lipinski definition) is 1. The largest absolute Gasteiger partial charge is 0.399 e. The number of oxime groups is 1. The molecule has 0 atom stereocenters. The number of aromatic nitrogens is 3. The van der Waals surface area contributed by atoms with Crippen molar-refractivity contribution in [1.29, 1.82) is 0 Å². The molecule has 0 aliphatic rings. The van der Waals surface area contributed by atoms with Gasteiger partial charge in [-0.1, -0.05) is 5.16 Å². The molecule has 0 saturated heterocycles. The van der Waals surface area contributed by atoms with Crippen molar-refractivity contribution < 1.29 is 4.84 Å². The van der Waals surface area contributed by atoms with Gasteiger partial charge in [0.15, 0.2) is 0 Å². The highest BCUT2D eigenvalue weighted by atomic mass is 16.6. The standard InChI is InChI=1S/C4H6N4O/c1-9-6-3-4-2-5-8-7-4/h2-3H,1H3,(H,5,7,8). The summed E-state index contributed by atoms with van der Waals surface area (Å²) < 4.78 is 0. The van der Waals surface area contributed by atoms with E-state index in [4.69, 9.17) is 0 Å². The van der Waals surface area contributed by atoms with E-state index in [0.717, 1.165) is 0 Å². The van der Waals surface area contributed by atoms with E-state index in [-0.39, 0.29) is 0 Å². The number of H-pyrrole nitrogens is 1. The van der Waals surface area contributed by atoms with Gasteiger partial charge in [-0.15, -0.1) is 0 Å². The first-order chi connectivity index (χ1) is 4.43. The maximum absolute atomic E-state index is 4.40. The van der Waals surface area contributed by atoms with Crippen LogP contribution in [0.1, 0.15) is 5.69 Å². The van der Waals surface area contributed by atoms with Gasteiger partial charge in [0.2, 0.25) is 0 Å². The predicted molar refractivity (Wildman–Crippen MR) is 31.0 cm³/mol. The third kappa shape index (κ3) is 1.52. The fourth-order valence-electron chi connectivity index (χ4n) is 0.379. The van der Waals surface area contributed by atoms with Gasteiger partial charge in [0, 0.05) is 0 Å². The Morgan fingerprint density at radius 1 is 1.89 bits per heavy atom. The second kappa shape index (κ2) is 2.81. The van der Waals surface area contributed by atoms with Gasteiger partial charge < -0.3 is 4.84 Å². The number of rotatable bonds is 2. The number of nitrogens with zero attached hydrogens (tertiary/aromatic N) is 3. The summed E-state index contributed by atoms with van der Waals surface area (Å²) in [6, 6.07) is 0. The van der Waals surface area contributed by atoms with Gasteiger partial charge in [-0.2, -0.15) is 15.4 Å². The molecule has 5 nitrogen and oxygen atoms in total. The maximum Gasteiger partial charge on any atom is 0.127 e. The summed E-state index contributed by atoms with van der Waals surface area (Å²) in [6.07, 6.45) is 3.01. The number of aromatic amines is 1. The van der Waals surface area contributed by atoms with Crippen LogP contribution in [0.25, 0.3) is 0 Å². The van der Waals surface area contributed by atoms with Crippen molar-refractivity contribution in [3.8, 4) is 0 Å². The fourth-order valence-corrected chi connectivity index (χ4v) is 0.379. The molecule has 0 saturated carbocycles. The Hall–Kier alpha value is -1.39. The van der Waals surface area contributed by atoms with Crippen molar-refractivity contribution in [1.82, 2.24) is 15.4 Å². The van der Waals surface area contributed by atoms with Gasteiger partial charge in [-0.3, -0.25) is 0 Å². The predicted octanol–water partition coefficient (Wildman–Crippen LogP) is -0.215. The van der Waals surface area contributed by atoms with Crippen LogP contribution in [0.3, 0.4) is 0 Å². The maximum atomic E-state index is 4.40. The van der Waals surface area contributed by atoms with Crippen LogP contribution in [0.15, 0.2) is 11.4 Å². The Labute approximate surface area is 51.7 Å². The minimum absolute atomic E-state index is 0.650. The van der Waals surface area contributed by atoms with Crippen molar-refractivity contribution in [2.45, 2.75) is 0 Å². The van der Waals surface area contributed by atoms with Crippen LogP contribution in [-0.2, 0) is 4.84 Å². The zero-order valence-corrected chi connectivity index (χ0v) is 4.90. The van der Waals surface area contributed by atoms with Crippen molar-refractivity contribution in [2.24, 2.45) is 5.16 Å². The topological polar surface area (TPSA) is 63.2 Å². The van der Waals surface area contributed by atoms with Crippen molar-refractivity contribution in [3.05, 3.63) is 11.9 Å². The molecule has 9 heavy (non-hydrogen) atoms. The first kappa shape index (κ1) is 5.74. The minimum atomic E-state index is 0.650. The van der Waals surface area contributed by atoms with E-state index in [1.165, 1.54) is 13.3 Å². The van der Waals surface area contributed by atoms with Crippen molar-refractivity contribution in [2.75, 3.05) is 7.11 Å². The monoisotopic (exact) mass is 126 g/mol. The molecule has 1 aromatic rings. The van der Waals surface area contributed by atoms with E-state index in [1.807, 2.05) is 0 Å². The minimum Gasteiger partial charge on any atom is -0.399 e. The smallest absolute Gasteiger partial charge is 0.127 e. The molecule has 1 aromatic heterocycles. The molecular formula is C4H6N4O. The fraction of sp³-hybridized carbons (Fsp3) is 0.250. The molecule has 48 valence electrons. The summed E-state index contributed by atoms with van der Waals surface area (Å²) in [7, 11) is 1.47. The lowest BCUT2D eigenvalue weighted by atomic mass is 10.5. The average Bonchev–Trinajstić information content (AvgIpc) is 2.34. The van der Waals surface area contributed by atoms with Crippen molar-refractivity contribution >= 4 is 6.21 Å². The molecule has 0 aliphatic carbocycles. The highest BCUT2D eigenvalue weighted by Crippen LogP contribution is 1.80. The second-order valence-electron chi connectivity index (χ2n) is 1.31. The van der Waals surface area contributed by atoms with E-state index in [2.05, 4.69) is 25.4 Å². The Morgan fingerprint density at radius 2 is 2.78 bits per heavy atom. The van der Waals surface area contributed by atoms with Crippen LogP contribution < -0.4 is 0 Å². The Bertz CT molecular complexity index is 180. The van der Waals surface area contributed by atoms with Gasteiger partial charge in [0.25, 0.3) is 0 Å². The van der Waals surface area contributed by atoms with Gasteiger partial charge in [-0.25, -0.2) is 0 Å². The summed E-state index contributed by atoms with van der Waals surface area (Å²) in [4.78, 5) is 4.40. The molecule has 1 rings (SSSR count). The summed E-state index contributed by atoms with van der Waals surface area (Å²) in [5, 5.41) is 13.1. The first-order valence-corrected chi connectivity index (χ1v) is 2.36. The van der Waals surface area contributed by atoms with Crippen LogP contribution in [0.4, 0.5) is 0 Å². The highest BCUT2D eigenvalue weighted by molar-refractivity contribution is 5.75. The Balaban J connectivity index is 2.57. The van der Waals surface area contributed by atoms with Crippen molar-refractivity contribution in [3.63, 3.8) is 0 Å². The molecule has 0 radical (unpaired) electrons. The van der Waals surface area contributed by atoms with E-state index < -0.39 is 0 Å². The molecule has 0 amide bonds. The number of nitrogens with one attached hydrogen (secondary N) is 1. The number of hydrogen-bond acceptors (Lipinski definition) is 4. The molecule has 1 heterocycles. The molecule has 1 N–H and O–H groups in total. The average molecular weight is 126 g/mol. The van der Waals surface area contributed by atoms with Gasteiger partial charge >= 0.3 is 0 Å². The highest BCUT2D eigenvalue weighted by Gasteiger charge is 1.85. The molecule has 0 fully saturated rings. The van der Waals surface area contributed by atoms with Crippen LogP contribution in [0.5, 0.6) is 0 Å². The van der Waals surface area contributed by atoms with Gasteiger partial charge in [-0.05, 0) is 0 Å². The van der Waals surface area contributed by atoms with Gasteiger partial charge in [0.1, 0.15) is 12.8 Å². The first-order valence-electron chi connectivity index (χ1n) is 2.36. The van der Waals surface area contributed by atoms with E-state index in [9.17, 15) is 0 Å². The quantitative estimate of drug-likeness (QED) is 0.440. The molecule has 0 aliphatic heterocycles. The summed E-state index contributed by atoms with van der Waals surface area (Å²) in [6.45, 7) is 0. The van der Waals surface area contributed by atoms with E-state index >= 15 is 0 Å². The molecule has 5 heteroatoms. The third-order valence-electron chi connectivity index (χ3n) is 0.724. The van der Waals surface area contributed by atoms with E-state index in [0.29, 0.717) is 5.69 Å². The molecule has 0 spiro atoms. The van der Waals surface area contributed by atoms with Crippen LogP contribution in [0, 0.1) is 0 Å². The van der Waals surface area contributed by atoms with E-state index in [1.54, 1.807) is 6.20 Å². The zero-order chi connectivity index (χ0) is 6.53.